The van der Waals surface area contributed by atoms with Gasteiger partial charge in [-0.25, -0.2) is 9.97 Å². The molecule has 1 aliphatic heterocycles. The van der Waals surface area contributed by atoms with E-state index in [2.05, 4.69) is 31.2 Å². The second kappa shape index (κ2) is 5.71. The minimum atomic E-state index is 0.666. The minimum Gasteiger partial charge on any atom is -0.366 e. The van der Waals surface area contributed by atoms with Crippen molar-refractivity contribution >= 4 is 50.9 Å². The van der Waals surface area contributed by atoms with E-state index in [4.69, 9.17) is 0 Å². The second-order valence-corrected chi connectivity index (χ2v) is 7.39. The van der Waals surface area contributed by atoms with Gasteiger partial charge in [0.15, 0.2) is 11.5 Å². The molecule has 0 amide bonds. The molecule has 3 rings (SSSR count). The number of nitrogens with one attached hydrogen (secondary N) is 1. The fraction of sp³-hybridized carbons (Fsp3) is 0.455. The van der Waals surface area contributed by atoms with E-state index >= 15 is 0 Å². The van der Waals surface area contributed by atoms with E-state index < -0.39 is 0 Å². The van der Waals surface area contributed by atoms with Gasteiger partial charge < -0.3 is 9.72 Å². The Kier molecular flexibility index (Phi) is 4.00. The van der Waals surface area contributed by atoms with E-state index in [1.54, 1.807) is 6.20 Å². The van der Waals surface area contributed by atoms with Crippen LogP contribution in [0.3, 0.4) is 0 Å². The molecule has 7 heteroatoms. The average molecular weight is 345 g/mol. The molecule has 2 aromatic heterocycles. The molecule has 4 nitrogen and oxygen atoms in total. The molecule has 0 saturated carbocycles. The fourth-order valence-electron chi connectivity index (χ4n) is 1.88. The molecule has 1 N–H and O–H groups in total. The van der Waals surface area contributed by atoms with Crippen molar-refractivity contribution in [2.75, 3.05) is 29.1 Å². The summed E-state index contributed by atoms with van der Waals surface area (Å²) in [6.07, 6.45) is 5.64. The first kappa shape index (κ1) is 12.6. The maximum absolute atomic E-state index is 4.46. The minimum absolute atomic E-state index is 0.666. The van der Waals surface area contributed by atoms with Gasteiger partial charge >= 0.3 is 0 Å². The Balaban J connectivity index is 1.75. The summed E-state index contributed by atoms with van der Waals surface area (Å²) in [6, 6.07) is 0. The van der Waals surface area contributed by atoms with Crippen molar-refractivity contribution in [1.29, 1.82) is 0 Å². The van der Waals surface area contributed by atoms with Crippen molar-refractivity contribution < 1.29 is 0 Å². The van der Waals surface area contributed by atoms with Crippen LogP contribution in [0.5, 0.6) is 0 Å². The summed E-state index contributed by atoms with van der Waals surface area (Å²) < 4.78 is 2.79. The van der Waals surface area contributed by atoms with Crippen LogP contribution in [0.4, 0.5) is 5.82 Å². The van der Waals surface area contributed by atoms with Crippen LogP contribution in [-0.2, 0) is 0 Å². The molecule has 0 bridgehead atoms. The van der Waals surface area contributed by atoms with Gasteiger partial charge in [-0.05, 0) is 15.9 Å². The van der Waals surface area contributed by atoms with Gasteiger partial charge in [-0.15, -0.1) is 0 Å². The maximum atomic E-state index is 4.46. The lowest BCUT2D eigenvalue weighted by molar-refractivity contribution is 0.982. The Labute approximate surface area is 122 Å². The molecule has 0 aromatic carbocycles. The van der Waals surface area contributed by atoms with Gasteiger partial charge in [0.25, 0.3) is 0 Å². The molecule has 96 valence electrons. The Hall–Kier alpha value is -0.400. The number of hydrogen-bond acceptors (Lipinski definition) is 5. The number of rotatable bonds is 3. The highest BCUT2D eigenvalue weighted by molar-refractivity contribution is 9.10. The van der Waals surface area contributed by atoms with Gasteiger partial charge in [0, 0.05) is 47.6 Å². The maximum Gasteiger partial charge on any atom is 0.180 e. The molecule has 0 spiro atoms. The number of hydrogen-bond donors (Lipinski definition) is 1. The van der Waals surface area contributed by atoms with Crippen molar-refractivity contribution in [2.45, 2.75) is 5.25 Å². The van der Waals surface area contributed by atoms with Crippen LogP contribution in [0.1, 0.15) is 0 Å². The standard InChI is InChI=1S/C11H13BrN4S2/c12-9-6-16-2-1-13-11(16)10(15-9)14-5-8-7-17-3-4-18-8/h1-2,6,8H,3-5,7H2,(H,14,15). The molecule has 1 fully saturated rings. The van der Waals surface area contributed by atoms with Crippen LogP contribution in [-0.4, -0.2) is 43.4 Å². The first-order valence-electron chi connectivity index (χ1n) is 5.75. The first-order chi connectivity index (χ1) is 8.83. The zero-order valence-electron chi connectivity index (χ0n) is 9.67. The number of imidazole rings is 1. The van der Waals surface area contributed by atoms with Crippen LogP contribution in [0, 0.1) is 0 Å². The van der Waals surface area contributed by atoms with E-state index in [0.717, 1.165) is 22.6 Å². The predicted molar refractivity (Wildman–Crippen MR) is 82.7 cm³/mol. The first-order valence-corrected chi connectivity index (χ1v) is 8.75. The predicted octanol–water partition coefficient (Wildman–Crippen LogP) is 2.75. The molecular formula is C11H13BrN4S2. The van der Waals surface area contributed by atoms with Crippen LogP contribution < -0.4 is 5.32 Å². The molecule has 18 heavy (non-hydrogen) atoms. The number of aromatic nitrogens is 3. The van der Waals surface area contributed by atoms with Gasteiger partial charge in [0.1, 0.15) is 4.60 Å². The number of anilines is 1. The highest BCUT2D eigenvalue weighted by atomic mass is 79.9. The summed E-state index contributed by atoms with van der Waals surface area (Å²) in [5.74, 6) is 4.60. The average Bonchev–Trinajstić information content (AvgIpc) is 2.85. The summed E-state index contributed by atoms with van der Waals surface area (Å²) in [7, 11) is 0. The number of thioether (sulfide) groups is 2. The normalized spacial score (nSPS) is 20.2. The Morgan fingerprint density at radius 1 is 1.50 bits per heavy atom. The lowest BCUT2D eigenvalue weighted by Crippen LogP contribution is -2.23. The molecule has 1 atom stereocenters. The summed E-state index contributed by atoms with van der Waals surface area (Å²) in [5.41, 5.74) is 0.881. The van der Waals surface area contributed by atoms with Gasteiger partial charge in [0.05, 0.1) is 0 Å². The Morgan fingerprint density at radius 2 is 2.44 bits per heavy atom. The van der Waals surface area contributed by atoms with Crippen molar-refractivity contribution in [2.24, 2.45) is 0 Å². The SMILES string of the molecule is Brc1cn2ccnc2c(NCC2CSCCS2)n1. The summed E-state index contributed by atoms with van der Waals surface area (Å²) in [5, 5.41) is 4.09. The van der Waals surface area contributed by atoms with Crippen LogP contribution in [0.2, 0.25) is 0 Å². The third-order valence-corrected chi connectivity index (χ3v) is 5.95. The molecule has 0 aliphatic carbocycles. The number of fused-ring (bicyclic) bond motifs is 1. The van der Waals surface area contributed by atoms with E-state index in [9.17, 15) is 0 Å². The molecule has 1 saturated heterocycles. The lowest BCUT2D eigenvalue weighted by Gasteiger charge is -2.21. The largest absolute Gasteiger partial charge is 0.366 e. The van der Waals surface area contributed by atoms with E-state index in [1.807, 2.05) is 40.3 Å². The van der Waals surface area contributed by atoms with E-state index in [1.165, 1.54) is 17.3 Å². The van der Waals surface area contributed by atoms with Crippen molar-refractivity contribution in [1.82, 2.24) is 14.4 Å². The molecule has 2 aromatic rings. The quantitative estimate of drug-likeness (QED) is 0.927. The third kappa shape index (κ3) is 2.78. The highest BCUT2D eigenvalue weighted by Crippen LogP contribution is 2.25. The molecule has 0 radical (unpaired) electrons. The number of halogens is 1. The number of nitrogens with zero attached hydrogens (tertiary/aromatic N) is 3. The lowest BCUT2D eigenvalue weighted by atomic mass is 10.4. The smallest absolute Gasteiger partial charge is 0.180 e. The Morgan fingerprint density at radius 3 is 3.28 bits per heavy atom. The second-order valence-electron chi connectivity index (χ2n) is 4.02. The molecule has 1 unspecified atom stereocenters. The molecular weight excluding hydrogens is 332 g/mol. The topological polar surface area (TPSA) is 42.2 Å². The zero-order chi connectivity index (χ0) is 12.4. The van der Waals surface area contributed by atoms with Crippen LogP contribution in [0.15, 0.2) is 23.2 Å². The summed E-state index contributed by atoms with van der Waals surface area (Å²) in [4.78, 5) is 8.79. The van der Waals surface area contributed by atoms with Crippen LogP contribution >= 0.6 is 39.5 Å². The van der Waals surface area contributed by atoms with E-state index in [-0.39, 0.29) is 0 Å². The molecule has 3 heterocycles. The highest BCUT2D eigenvalue weighted by Gasteiger charge is 2.15. The third-order valence-electron chi connectivity index (χ3n) is 2.73. The van der Waals surface area contributed by atoms with Gasteiger partial charge in [-0.2, -0.15) is 23.5 Å². The van der Waals surface area contributed by atoms with Crippen molar-refractivity contribution in [3.05, 3.63) is 23.2 Å². The van der Waals surface area contributed by atoms with E-state index in [0.29, 0.717) is 5.25 Å². The summed E-state index contributed by atoms with van der Waals surface area (Å²) in [6.45, 7) is 0.948. The van der Waals surface area contributed by atoms with Crippen molar-refractivity contribution in [3.63, 3.8) is 0 Å². The summed E-state index contributed by atoms with van der Waals surface area (Å²) >= 11 is 7.50. The van der Waals surface area contributed by atoms with Gasteiger partial charge in [0.2, 0.25) is 0 Å². The Bertz CT molecular complexity index is 539. The van der Waals surface area contributed by atoms with Gasteiger partial charge in [-0.1, -0.05) is 0 Å². The monoisotopic (exact) mass is 344 g/mol. The fourth-order valence-corrected chi connectivity index (χ4v) is 4.89. The molecule has 1 aliphatic rings. The van der Waals surface area contributed by atoms with Gasteiger partial charge in [-0.3, -0.25) is 0 Å². The van der Waals surface area contributed by atoms with Crippen LogP contribution in [0.25, 0.3) is 5.65 Å². The zero-order valence-corrected chi connectivity index (χ0v) is 12.9. The van der Waals surface area contributed by atoms with Crippen molar-refractivity contribution in [3.8, 4) is 0 Å².